The van der Waals surface area contributed by atoms with E-state index in [1.807, 2.05) is 23.6 Å². The molecule has 0 atom stereocenters. The molecule has 0 aliphatic rings. The normalized spacial score (nSPS) is 11.4. The maximum Gasteiger partial charge on any atom is 0.160 e. The number of thiophene rings is 1. The molecule has 0 bridgehead atoms. The largest absolute Gasteiger partial charge is 0.264 e. The molecule has 6 aromatic carbocycles. The van der Waals surface area contributed by atoms with E-state index >= 15 is 0 Å². The number of hydrogen-bond acceptors (Lipinski definition) is 4. The minimum absolute atomic E-state index is 0.696. The Bertz CT molecular complexity index is 2550. The Labute approximate surface area is 276 Å². The van der Waals surface area contributed by atoms with Crippen LogP contribution in [0.3, 0.4) is 0 Å². The van der Waals surface area contributed by atoms with Gasteiger partial charge in [-0.25, -0.2) is 9.97 Å². The zero-order valence-corrected chi connectivity index (χ0v) is 26.2. The van der Waals surface area contributed by atoms with Crippen LogP contribution in [0.25, 0.3) is 87.1 Å². The van der Waals surface area contributed by atoms with Crippen molar-refractivity contribution in [2.45, 2.75) is 0 Å². The van der Waals surface area contributed by atoms with Gasteiger partial charge in [-0.1, -0.05) is 121 Å². The minimum Gasteiger partial charge on any atom is -0.264 e. The zero-order valence-electron chi connectivity index (χ0n) is 25.3. The van der Waals surface area contributed by atoms with Crippen molar-refractivity contribution in [3.05, 3.63) is 164 Å². The van der Waals surface area contributed by atoms with E-state index in [1.165, 1.54) is 42.1 Å². The van der Waals surface area contributed by atoms with Gasteiger partial charge < -0.3 is 0 Å². The number of benzene rings is 6. The van der Waals surface area contributed by atoms with Gasteiger partial charge in [0.2, 0.25) is 0 Å². The lowest BCUT2D eigenvalue weighted by Gasteiger charge is -2.12. The van der Waals surface area contributed by atoms with E-state index in [2.05, 4.69) is 151 Å². The van der Waals surface area contributed by atoms with Crippen LogP contribution in [0.5, 0.6) is 0 Å². The molecule has 0 saturated carbocycles. The molecule has 3 aromatic heterocycles. The number of nitrogens with zero attached hydrogens (tertiary/aromatic N) is 3. The van der Waals surface area contributed by atoms with Gasteiger partial charge in [-0.15, -0.1) is 11.3 Å². The molecule has 9 rings (SSSR count). The number of pyridine rings is 1. The highest BCUT2D eigenvalue weighted by molar-refractivity contribution is 7.25. The molecule has 3 nitrogen and oxygen atoms in total. The average Bonchev–Trinajstić information content (AvgIpc) is 3.53. The Kier molecular flexibility index (Phi) is 6.65. The molecule has 0 aliphatic heterocycles. The van der Waals surface area contributed by atoms with Gasteiger partial charge in [-0.3, -0.25) is 4.98 Å². The van der Waals surface area contributed by atoms with Crippen molar-refractivity contribution in [2.24, 2.45) is 0 Å². The van der Waals surface area contributed by atoms with Crippen LogP contribution in [0.15, 0.2) is 164 Å². The van der Waals surface area contributed by atoms with E-state index in [-0.39, 0.29) is 0 Å². The van der Waals surface area contributed by atoms with Crippen molar-refractivity contribution in [1.29, 1.82) is 0 Å². The highest BCUT2D eigenvalue weighted by atomic mass is 32.1. The summed E-state index contributed by atoms with van der Waals surface area (Å²) in [6, 6.07) is 53.6. The molecule has 3 heterocycles. The molecule has 0 unspecified atom stereocenters. The Hall–Kier alpha value is -5.97. The van der Waals surface area contributed by atoms with Crippen LogP contribution >= 0.6 is 11.3 Å². The lowest BCUT2D eigenvalue weighted by Crippen LogP contribution is -1.96. The average molecular weight is 618 g/mol. The third kappa shape index (κ3) is 5.05. The number of aromatic nitrogens is 3. The molecule has 0 radical (unpaired) electrons. The van der Waals surface area contributed by atoms with Crippen LogP contribution in [0.2, 0.25) is 0 Å². The van der Waals surface area contributed by atoms with Crippen LogP contribution in [-0.4, -0.2) is 15.0 Å². The second-order valence-corrected chi connectivity index (χ2v) is 12.8. The van der Waals surface area contributed by atoms with Gasteiger partial charge in [0.25, 0.3) is 0 Å². The van der Waals surface area contributed by atoms with Crippen molar-refractivity contribution >= 4 is 42.3 Å². The summed E-state index contributed by atoms with van der Waals surface area (Å²) in [4.78, 5) is 14.6. The standard InChI is InChI=1S/C43H27N3S/c1-2-10-35-30(7-1)8-5-12-36(35)40-26-39(45-43(46-40)32-20-16-29(17-21-32)34-9-6-24-44-27-34)31-18-14-28(15-19-31)33-22-23-42-38(25-33)37-11-3-4-13-41(37)47-42/h1-27H. The van der Waals surface area contributed by atoms with Gasteiger partial charge in [-0.05, 0) is 63.4 Å². The van der Waals surface area contributed by atoms with Gasteiger partial charge >= 0.3 is 0 Å². The van der Waals surface area contributed by atoms with E-state index in [0.29, 0.717) is 5.82 Å². The first-order valence-electron chi connectivity index (χ1n) is 15.7. The predicted molar refractivity (Wildman–Crippen MR) is 197 cm³/mol. The molecular weight excluding hydrogens is 591 g/mol. The molecule has 0 aliphatic carbocycles. The number of hydrogen-bond donors (Lipinski definition) is 0. The maximum absolute atomic E-state index is 5.14. The third-order valence-corrected chi connectivity index (χ3v) is 9.97. The molecule has 220 valence electrons. The second-order valence-electron chi connectivity index (χ2n) is 11.7. The van der Waals surface area contributed by atoms with Gasteiger partial charge in [0.15, 0.2) is 5.82 Å². The van der Waals surface area contributed by atoms with Crippen molar-refractivity contribution < 1.29 is 0 Å². The molecule has 9 aromatic rings. The van der Waals surface area contributed by atoms with Crippen molar-refractivity contribution in [3.63, 3.8) is 0 Å². The van der Waals surface area contributed by atoms with Crippen molar-refractivity contribution in [3.8, 4) is 56.2 Å². The molecular formula is C43H27N3S. The summed E-state index contributed by atoms with van der Waals surface area (Å²) in [5.41, 5.74) is 9.47. The van der Waals surface area contributed by atoms with E-state index < -0.39 is 0 Å². The summed E-state index contributed by atoms with van der Waals surface area (Å²) in [5.74, 6) is 0.696. The summed E-state index contributed by atoms with van der Waals surface area (Å²) in [6.45, 7) is 0. The molecule has 47 heavy (non-hydrogen) atoms. The first kappa shape index (κ1) is 27.3. The molecule has 0 fully saturated rings. The van der Waals surface area contributed by atoms with E-state index in [0.717, 1.165) is 39.2 Å². The predicted octanol–water partition coefficient (Wildman–Crippen LogP) is 11.7. The molecule has 0 N–H and O–H groups in total. The van der Waals surface area contributed by atoms with Crippen LogP contribution in [0.4, 0.5) is 0 Å². The fourth-order valence-corrected chi connectivity index (χ4v) is 7.48. The number of fused-ring (bicyclic) bond motifs is 4. The number of rotatable bonds is 5. The Balaban J connectivity index is 1.14. The van der Waals surface area contributed by atoms with Crippen LogP contribution in [0, 0.1) is 0 Å². The highest BCUT2D eigenvalue weighted by Crippen LogP contribution is 2.37. The summed E-state index contributed by atoms with van der Waals surface area (Å²) in [5, 5.41) is 4.98. The third-order valence-electron chi connectivity index (χ3n) is 8.82. The van der Waals surface area contributed by atoms with Gasteiger partial charge in [0.05, 0.1) is 11.4 Å². The fourth-order valence-electron chi connectivity index (χ4n) is 6.40. The smallest absolute Gasteiger partial charge is 0.160 e. The molecule has 0 amide bonds. The van der Waals surface area contributed by atoms with Crippen LogP contribution in [-0.2, 0) is 0 Å². The van der Waals surface area contributed by atoms with Crippen molar-refractivity contribution in [1.82, 2.24) is 15.0 Å². The van der Waals surface area contributed by atoms with E-state index in [9.17, 15) is 0 Å². The summed E-state index contributed by atoms with van der Waals surface area (Å²) >= 11 is 1.85. The summed E-state index contributed by atoms with van der Waals surface area (Å²) in [6.07, 6.45) is 3.68. The quantitative estimate of drug-likeness (QED) is 0.193. The molecule has 0 spiro atoms. The first-order valence-corrected chi connectivity index (χ1v) is 16.5. The van der Waals surface area contributed by atoms with Gasteiger partial charge in [0.1, 0.15) is 0 Å². The highest BCUT2D eigenvalue weighted by Gasteiger charge is 2.14. The van der Waals surface area contributed by atoms with Crippen LogP contribution < -0.4 is 0 Å². The second kappa shape index (κ2) is 11.4. The Morgan fingerprint density at radius 1 is 0.404 bits per heavy atom. The minimum atomic E-state index is 0.696. The monoisotopic (exact) mass is 617 g/mol. The lowest BCUT2D eigenvalue weighted by molar-refractivity contribution is 1.18. The summed E-state index contributed by atoms with van der Waals surface area (Å²) < 4.78 is 2.64. The SMILES string of the molecule is c1cncc(-c2ccc(-c3nc(-c4ccc(-c5ccc6sc7ccccc7c6c5)cc4)cc(-c4cccc5ccccc45)n3)cc2)c1. The van der Waals surface area contributed by atoms with E-state index in [1.54, 1.807) is 6.20 Å². The van der Waals surface area contributed by atoms with Gasteiger partial charge in [0, 0.05) is 49.3 Å². The lowest BCUT2D eigenvalue weighted by atomic mass is 9.98. The summed E-state index contributed by atoms with van der Waals surface area (Å²) in [7, 11) is 0. The molecule has 0 saturated heterocycles. The molecule has 4 heteroatoms. The Morgan fingerprint density at radius 2 is 1.06 bits per heavy atom. The van der Waals surface area contributed by atoms with Crippen molar-refractivity contribution in [2.75, 3.05) is 0 Å². The fraction of sp³-hybridized carbons (Fsp3) is 0. The maximum atomic E-state index is 5.14. The van der Waals surface area contributed by atoms with Gasteiger partial charge in [-0.2, -0.15) is 0 Å². The first-order chi connectivity index (χ1) is 23.3. The van der Waals surface area contributed by atoms with Crippen LogP contribution in [0.1, 0.15) is 0 Å². The topological polar surface area (TPSA) is 38.7 Å². The Morgan fingerprint density at radius 3 is 1.89 bits per heavy atom. The van der Waals surface area contributed by atoms with E-state index in [4.69, 9.17) is 9.97 Å². The zero-order chi connectivity index (χ0) is 31.2.